The highest BCUT2D eigenvalue weighted by atomic mass is 35.5. The molecule has 1 N–H and O–H groups in total. The van der Waals surface area contributed by atoms with Crippen LogP contribution in [0.2, 0.25) is 5.02 Å². The summed E-state index contributed by atoms with van der Waals surface area (Å²) in [6.07, 6.45) is 0. The molecule has 0 aliphatic heterocycles. The van der Waals surface area contributed by atoms with Gasteiger partial charge < -0.3 is 5.32 Å². The molecule has 0 bridgehead atoms. The van der Waals surface area contributed by atoms with E-state index in [0.29, 0.717) is 15.5 Å². The SMILES string of the molecule is Cc1ccc(C(=O)N[C@H](Sc2ccc(Cl)cc2)C(=O)c2cccs2)cc1. The third kappa shape index (κ3) is 4.75. The lowest BCUT2D eigenvalue weighted by Crippen LogP contribution is -2.38. The third-order valence-electron chi connectivity index (χ3n) is 3.65. The summed E-state index contributed by atoms with van der Waals surface area (Å²) >= 11 is 8.58. The predicted molar refractivity (Wildman–Crippen MR) is 108 cm³/mol. The van der Waals surface area contributed by atoms with Crippen molar-refractivity contribution in [3.05, 3.63) is 87.1 Å². The van der Waals surface area contributed by atoms with E-state index in [1.54, 1.807) is 30.3 Å². The number of Topliss-reactive ketones (excluding diaryl/α,β-unsaturated/α-hetero) is 1. The quantitative estimate of drug-likeness (QED) is 0.340. The van der Waals surface area contributed by atoms with E-state index < -0.39 is 5.37 Å². The maximum atomic E-state index is 12.8. The minimum atomic E-state index is -0.719. The fourth-order valence-corrected chi connectivity index (χ4v) is 4.11. The van der Waals surface area contributed by atoms with Crippen LogP contribution >= 0.6 is 34.7 Å². The maximum Gasteiger partial charge on any atom is 0.252 e. The van der Waals surface area contributed by atoms with Gasteiger partial charge in [0, 0.05) is 15.5 Å². The zero-order chi connectivity index (χ0) is 18.5. The normalized spacial score (nSPS) is 11.8. The first-order chi connectivity index (χ1) is 12.5. The second-order valence-electron chi connectivity index (χ2n) is 5.63. The van der Waals surface area contributed by atoms with E-state index in [1.165, 1.54) is 23.1 Å². The lowest BCUT2D eigenvalue weighted by atomic mass is 10.1. The Kier molecular flexibility index (Phi) is 6.14. The van der Waals surface area contributed by atoms with Crippen molar-refractivity contribution >= 4 is 46.4 Å². The number of rotatable bonds is 6. The standard InChI is InChI=1S/C20H16ClNO2S2/c1-13-4-6-14(7-5-13)19(24)22-20(18(23)17-3-2-12-25-17)26-16-10-8-15(21)9-11-16/h2-12,20H,1H3,(H,22,24)/t20-/m1/s1. The number of amides is 1. The molecular formula is C20H16ClNO2S2. The molecule has 26 heavy (non-hydrogen) atoms. The zero-order valence-corrected chi connectivity index (χ0v) is 16.3. The molecule has 6 heteroatoms. The molecule has 0 radical (unpaired) electrons. The molecule has 3 rings (SSSR count). The monoisotopic (exact) mass is 401 g/mol. The summed E-state index contributed by atoms with van der Waals surface area (Å²) in [5.74, 6) is -0.401. The molecule has 3 nitrogen and oxygen atoms in total. The number of halogens is 1. The van der Waals surface area contributed by atoms with Gasteiger partial charge in [0.2, 0.25) is 5.78 Å². The Labute approximate surface area is 165 Å². The number of carbonyl (C=O) groups is 2. The Hall–Kier alpha value is -2.08. The van der Waals surface area contributed by atoms with E-state index in [-0.39, 0.29) is 11.7 Å². The van der Waals surface area contributed by atoms with E-state index in [9.17, 15) is 9.59 Å². The van der Waals surface area contributed by atoms with Crippen molar-refractivity contribution in [1.82, 2.24) is 5.32 Å². The number of hydrogen-bond acceptors (Lipinski definition) is 4. The van der Waals surface area contributed by atoms with E-state index in [4.69, 9.17) is 11.6 Å². The Morgan fingerprint density at radius 3 is 2.35 bits per heavy atom. The van der Waals surface area contributed by atoms with E-state index >= 15 is 0 Å². The highest BCUT2D eigenvalue weighted by molar-refractivity contribution is 8.00. The van der Waals surface area contributed by atoms with Crippen molar-refractivity contribution in [2.24, 2.45) is 0 Å². The van der Waals surface area contributed by atoms with Crippen molar-refractivity contribution in [2.45, 2.75) is 17.2 Å². The molecular weight excluding hydrogens is 386 g/mol. The summed E-state index contributed by atoms with van der Waals surface area (Å²) in [4.78, 5) is 26.9. The van der Waals surface area contributed by atoms with Crippen molar-refractivity contribution in [2.75, 3.05) is 0 Å². The number of aryl methyl sites for hydroxylation is 1. The van der Waals surface area contributed by atoms with Gasteiger partial charge in [0.15, 0.2) is 0 Å². The first-order valence-corrected chi connectivity index (χ1v) is 10.0. The molecule has 0 aliphatic rings. The third-order valence-corrected chi connectivity index (χ3v) is 5.89. The number of benzene rings is 2. The number of carbonyl (C=O) groups excluding carboxylic acids is 2. The summed E-state index contributed by atoms with van der Waals surface area (Å²) in [7, 11) is 0. The van der Waals surface area contributed by atoms with Crippen molar-refractivity contribution in [1.29, 1.82) is 0 Å². The maximum absolute atomic E-state index is 12.8. The summed E-state index contributed by atoms with van der Waals surface area (Å²) in [6, 6.07) is 18.0. The average Bonchev–Trinajstić information content (AvgIpc) is 3.17. The van der Waals surface area contributed by atoms with Crippen molar-refractivity contribution in [3.8, 4) is 0 Å². The molecule has 1 heterocycles. The molecule has 1 atom stereocenters. The van der Waals surface area contributed by atoms with Crippen LogP contribution in [0.25, 0.3) is 0 Å². The summed E-state index contributed by atoms with van der Waals surface area (Å²) in [5.41, 5.74) is 1.60. The summed E-state index contributed by atoms with van der Waals surface area (Å²) in [5, 5.41) is 4.60. The summed E-state index contributed by atoms with van der Waals surface area (Å²) in [6.45, 7) is 1.96. The molecule has 132 valence electrons. The fourth-order valence-electron chi connectivity index (χ4n) is 2.25. The van der Waals surface area contributed by atoms with Gasteiger partial charge in [-0.15, -0.1) is 11.3 Å². The van der Waals surface area contributed by atoms with Gasteiger partial charge in [0.25, 0.3) is 5.91 Å². The van der Waals surface area contributed by atoms with Gasteiger partial charge in [-0.2, -0.15) is 0 Å². The minimum Gasteiger partial charge on any atom is -0.333 e. The van der Waals surface area contributed by atoms with Crippen molar-refractivity contribution < 1.29 is 9.59 Å². The first-order valence-electron chi connectivity index (χ1n) is 7.90. The highest BCUT2D eigenvalue weighted by Gasteiger charge is 2.24. The first kappa shape index (κ1) is 18.7. The van der Waals surface area contributed by atoms with Gasteiger partial charge in [-0.05, 0) is 54.8 Å². The molecule has 0 fully saturated rings. The molecule has 1 amide bonds. The number of nitrogens with one attached hydrogen (secondary N) is 1. The van der Waals surface area contributed by atoms with Gasteiger partial charge in [-0.1, -0.05) is 47.1 Å². The topological polar surface area (TPSA) is 46.2 Å². The van der Waals surface area contributed by atoms with Crippen LogP contribution in [-0.2, 0) is 0 Å². The lowest BCUT2D eigenvalue weighted by Gasteiger charge is -2.17. The number of thiophene rings is 1. The molecule has 0 spiro atoms. The fraction of sp³-hybridized carbons (Fsp3) is 0.100. The predicted octanol–water partition coefficient (Wildman–Crippen LogP) is 5.44. The second kappa shape index (κ2) is 8.54. The van der Waals surface area contributed by atoms with E-state index in [0.717, 1.165) is 10.5 Å². The number of ketones is 1. The molecule has 0 saturated heterocycles. The van der Waals surface area contributed by atoms with Crippen molar-refractivity contribution in [3.63, 3.8) is 0 Å². The van der Waals surface area contributed by atoms with E-state index in [1.807, 2.05) is 42.6 Å². The highest BCUT2D eigenvalue weighted by Crippen LogP contribution is 2.27. The van der Waals surface area contributed by atoms with Gasteiger partial charge in [-0.3, -0.25) is 9.59 Å². The number of thioether (sulfide) groups is 1. The van der Waals surface area contributed by atoms with Crippen LogP contribution in [0.3, 0.4) is 0 Å². The van der Waals surface area contributed by atoms with Crippen LogP contribution in [-0.4, -0.2) is 17.1 Å². The molecule has 2 aromatic carbocycles. The van der Waals surface area contributed by atoms with Gasteiger partial charge >= 0.3 is 0 Å². The average molecular weight is 402 g/mol. The number of hydrogen-bond donors (Lipinski definition) is 1. The van der Waals surface area contributed by atoms with Crippen LogP contribution in [0.15, 0.2) is 70.9 Å². The smallest absolute Gasteiger partial charge is 0.252 e. The van der Waals surface area contributed by atoms with Gasteiger partial charge in [-0.25, -0.2) is 0 Å². The molecule has 0 saturated carbocycles. The minimum absolute atomic E-state index is 0.125. The lowest BCUT2D eigenvalue weighted by molar-refractivity contribution is 0.0894. The second-order valence-corrected chi connectivity index (χ2v) is 8.20. The van der Waals surface area contributed by atoms with Gasteiger partial charge in [0.05, 0.1) is 4.88 Å². The largest absolute Gasteiger partial charge is 0.333 e. The van der Waals surface area contributed by atoms with Crippen LogP contribution in [0, 0.1) is 6.92 Å². The van der Waals surface area contributed by atoms with Crippen LogP contribution in [0.5, 0.6) is 0 Å². The van der Waals surface area contributed by atoms with E-state index in [2.05, 4.69) is 5.32 Å². The summed E-state index contributed by atoms with van der Waals surface area (Å²) < 4.78 is 0. The molecule has 3 aromatic rings. The van der Waals surface area contributed by atoms with Gasteiger partial charge in [0.1, 0.15) is 5.37 Å². The van der Waals surface area contributed by atoms with Crippen LogP contribution in [0.4, 0.5) is 0 Å². The van der Waals surface area contributed by atoms with Crippen LogP contribution in [0.1, 0.15) is 25.6 Å². The molecule has 1 aromatic heterocycles. The Morgan fingerprint density at radius 2 is 1.73 bits per heavy atom. The Bertz CT molecular complexity index is 891. The molecule has 0 unspecified atom stereocenters. The molecule has 0 aliphatic carbocycles. The Balaban J connectivity index is 1.82. The van der Waals surface area contributed by atoms with Crippen LogP contribution < -0.4 is 5.32 Å². The zero-order valence-electron chi connectivity index (χ0n) is 13.9. The Morgan fingerprint density at radius 1 is 1.04 bits per heavy atom.